The fourth-order valence-corrected chi connectivity index (χ4v) is 4.75. The highest BCUT2D eigenvalue weighted by Gasteiger charge is 2.30. The van der Waals surface area contributed by atoms with Crippen LogP contribution in [-0.2, 0) is 10.0 Å². The van der Waals surface area contributed by atoms with Crippen molar-refractivity contribution < 1.29 is 13.5 Å². The van der Waals surface area contributed by atoms with E-state index in [9.17, 15) is 13.5 Å². The standard InChI is InChI=1S/C16H25NO3S/c1-9-10(2)12(4)16(13(5)11(9)3)21(19,20)17-8-14-6-15(18)7-14/h14-15,17-18H,6-8H2,1-5H3. The van der Waals surface area contributed by atoms with Gasteiger partial charge in [-0.3, -0.25) is 0 Å². The minimum Gasteiger partial charge on any atom is -0.393 e. The molecule has 1 aromatic carbocycles. The maximum atomic E-state index is 12.6. The molecule has 1 aliphatic carbocycles. The number of aliphatic hydroxyl groups is 1. The molecule has 2 rings (SSSR count). The lowest BCUT2D eigenvalue weighted by Gasteiger charge is -2.31. The first-order valence-electron chi connectivity index (χ1n) is 7.39. The lowest BCUT2D eigenvalue weighted by molar-refractivity contribution is 0.0453. The van der Waals surface area contributed by atoms with Gasteiger partial charge in [0.15, 0.2) is 0 Å². The number of rotatable bonds is 4. The van der Waals surface area contributed by atoms with E-state index < -0.39 is 10.0 Å². The van der Waals surface area contributed by atoms with Gasteiger partial charge in [-0.2, -0.15) is 0 Å². The Balaban J connectivity index is 2.32. The van der Waals surface area contributed by atoms with Crippen LogP contribution in [0.2, 0.25) is 0 Å². The first-order chi connectivity index (χ1) is 9.65. The summed E-state index contributed by atoms with van der Waals surface area (Å²) in [6.45, 7) is 10.1. The van der Waals surface area contributed by atoms with Gasteiger partial charge in [0.25, 0.3) is 0 Å². The maximum absolute atomic E-state index is 12.6. The molecule has 1 aliphatic rings. The number of nitrogens with one attached hydrogen (secondary N) is 1. The van der Waals surface area contributed by atoms with E-state index in [0.717, 1.165) is 27.8 Å². The van der Waals surface area contributed by atoms with E-state index >= 15 is 0 Å². The topological polar surface area (TPSA) is 66.4 Å². The van der Waals surface area contributed by atoms with Crippen molar-refractivity contribution in [3.05, 3.63) is 27.8 Å². The number of hydrogen-bond donors (Lipinski definition) is 2. The molecule has 1 aromatic rings. The lowest BCUT2D eigenvalue weighted by Crippen LogP contribution is -2.38. The summed E-state index contributed by atoms with van der Waals surface area (Å²) in [6.07, 6.45) is 1.12. The summed E-state index contributed by atoms with van der Waals surface area (Å²) in [5.74, 6) is 0.253. The Kier molecular flexibility index (Phi) is 4.47. The highest BCUT2D eigenvalue weighted by molar-refractivity contribution is 7.89. The minimum atomic E-state index is -3.50. The van der Waals surface area contributed by atoms with Gasteiger partial charge < -0.3 is 5.11 Å². The molecule has 5 heteroatoms. The van der Waals surface area contributed by atoms with Crippen molar-refractivity contribution >= 4 is 10.0 Å². The zero-order chi connectivity index (χ0) is 15.9. The van der Waals surface area contributed by atoms with Gasteiger partial charge in [-0.15, -0.1) is 0 Å². The van der Waals surface area contributed by atoms with Gasteiger partial charge in [0.05, 0.1) is 11.0 Å². The van der Waals surface area contributed by atoms with E-state index in [1.165, 1.54) is 0 Å². The molecule has 0 spiro atoms. The second-order valence-electron chi connectivity index (χ2n) is 6.30. The van der Waals surface area contributed by atoms with Crippen LogP contribution < -0.4 is 4.72 Å². The van der Waals surface area contributed by atoms with E-state index in [4.69, 9.17) is 0 Å². The normalized spacial score (nSPS) is 22.2. The fourth-order valence-electron chi connectivity index (χ4n) is 3.04. The maximum Gasteiger partial charge on any atom is 0.241 e. The average Bonchev–Trinajstić information content (AvgIpc) is 2.37. The Morgan fingerprint density at radius 1 is 0.952 bits per heavy atom. The van der Waals surface area contributed by atoms with Crippen molar-refractivity contribution in [1.82, 2.24) is 4.72 Å². The van der Waals surface area contributed by atoms with Crippen LogP contribution in [0.15, 0.2) is 4.90 Å². The van der Waals surface area contributed by atoms with Gasteiger partial charge in [0.1, 0.15) is 0 Å². The molecule has 118 valence electrons. The predicted octanol–water partition coefficient (Wildman–Crippen LogP) is 2.28. The number of hydrogen-bond acceptors (Lipinski definition) is 3. The Labute approximate surface area is 127 Å². The first kappa shape index (κ1) is 16.5. The van der Waals surface area contributed by atoms with Crippen molar-refractivity contribution in [2.45, 2.75) is 58.5 Å². The molecular weight excluding hydrogens is 286 g/mol. The molecule has 2 N–H and O–H groups in total. The van der Waals surface area contributed by atoms with Gasteiger partial charge in [-0.05, 0) is 81.2 Å². The summed E-state index contributed by atoms with van der Waals surface area (Å²) in [4.78, 5) is 0.419. The number of aliphatic hydroxyl groups excluding tert-OH is 1. The van der Waals surface area contributed by atoms with Gasteiger partial charge in [-0.25, -0.2) is 13.1 Å². The lowest BCUT2D eigenvalue weighted by atomic mass is 9.83. The summed E-state index contributed by atoms with van der Waals surface area (Å²) < 4.78 is 28.0. The van der Waals surface area contributed by atoms with Crippen LogP contribution in [0.4, 0.5) is 0 Å². The third kappa shape index (κ3) is 3.00. The van der Waals surface area contributed by atoms with Crippen LogP contribution in [-0.4, -0.2) is 26.2 Å². The van der Waals surface area contributed by atoms with Crippen molar-refractivity contribution in [3.8, 4) is 0 Å². The van der Waals surface area contributed by atoms with E-state index in [0.29, 0.717) is 24.3 Å². The third-order valence-electron chi connectivity index (χ3n) is 4.97. The van der Waals surface area contributed by atoms with Crippen LogP contribution in [0, 0.1) is 40.5 Å². The van der Waals surface area contributed by atoms with Crippen molar-refractivity contribution in [3.63, 3.8) is 0 Å². The summed E-state index contributed by atoms with van der Waals surface area (Å²) in [5.41, 5.74) is 4.90. The predicted molar refractivity (Wildman–Crippen MR) is 84.0 cm³/mol. The molecule has 0 bridgehead atoms. The van der Waals surface area contributed by atoms with Crippen molar-refractivity contribution in [2.24, 2.45) is 5.92 Å². The Bertz CT molecular complexity index is 630. The van der Waals surface area contributed by atoms with Gasteiger partial charge >= 0.3 is 0 Å². The summed E-state index contributed by atoms with van der Waals surface area (Å²) in [5, 5.41) is 9.28. The minimum absolute atomic E-state index is 0.253. The largest absolute Gasteiger partial charge is 0.393 e. The van der Waals surface area contributed by atoms with Gasteiger partial charge in [0, 0.05) is 6.54 Å². The summed E-state index contributed by atoms with van der Waals surface area (Å²) in [6, 6.07) is 0. The van der Waals surface area contributed by atoms with E-state index in [2.05, 4.69) is 4.72 Å². The summed E-state index contributed by atoms with van der Waals surface area (Å²) in [7, 11) is -3.50. The first-order valence-corrected chi connectivity index (χ1v) is 8.88. The second-order valence-corrected chi connectivity index (χ2v) is 8.00. The molecule has 0 saturated heterocycles. The molecule has 0 radical (unpaired) electrons. The van der Waals surface area contributed by atoms with Crippen molar-refractivity contribution in [2.75, 3.05) is 6.54 Å². The van der Waals surface area contributed by atoms with Crippen molar-refractivity contribution in [1.29, 1.82) is 0 Å². The monoisotopic (exact) mass is 311 g/mol. The van der Waals surface area contributed by atoms with Crippen LogP contribution in [0.1, 0.15) is 40.7 Å². The highest BCUT2D eigenvalue weighted by atomic mass is 32.2. The third-order valence-corrected chi connectivity index (χ3v) is 6.67. The molecule has 0 aliphatic heterocycles. The molecule has 21 heavy (non-hydrogen) atoms. The smallest absolute Gasteiger partial charge is 0.241 e. The number of benzene rings is 1. The Morgan fingerprint density at radius 2 is 1.38 bits per heavy atom. The zero-order valence-corrected chi connectivity index (χ0v) is 14.3. The van der Waals surface area contributed by atoms with Crippen LogP contribution in [0.3, 0.4) is 0 Å². The van der Waals surface area contributed by atoms with Gasteiger partial charge in [0.2, 0.25) is 10.0 Å². The SMILES string of the molecule is Cc1c(C)c(C)c(S(=O)(=O)NCC2CC(O)C2)c(C)c1C. The summed E-state index contributed by atoms with van der Waals surface area (Å²) >= 11 is 0. The van der Waals surface area contributed by atoms with Crippen LogP contribution >= 0.6 is 0 Å². The van der Waals surface area contributed by atoms with Crippen LogP contribution in [0.25, 0.3) is 0 Å². The van der Waals surface area contributed by atoms with E-state index in [1.54, 1.807) is 0 Å². The highest BCUT2D eigenvalue weighted by Crippen LogP contribution is 2.30. The zero-order valence-electron chi connectivity index (χ0n) is 13.4. The average molecular weight is 311 g/mol. The second kappa shape index (κ2) is 5.71. The molecule has 1 fully saturated rings. The quantitative estimate of drug-likeness (QED) is 0.896. The molecule has 4 nitrogen and oxygen atoms in total. The van der Waals surface area contributed by atoms with Crippen LogP contribution in [0.5, 0.6) is 0 Å². The molecule has 0 atom stereocenters. The van der Waals surface area contributed by atoms with E-state index in [-0.39, 0.29) is 12.0 Å². The fraction of sp³-hybridized carbons (Fsp3) is 0.625. The molecule has 0 unspecified atom stereocenters. The molecule has 0 aromatic heterocycles. The molecule has 1 saturated carbocycles. The molecule has 0 heterocycles. The molecule has 0 amide bonds. The molecular formula is C16H25NO3S. The van der Waals surface area contributed by atoms with E-state index in [1.807, 2.05) is 34.6 Å². The Morgan fingerprint density at radius 3 is 1.81 bits per heavy atom. The Hall–Kier alpha value is -0.910. The number of sulfonamides is 1. The van der Waals surface area contributed by atoms with Gasteiger partial charge in [-0.1, -0.05) is 0 Å².